The van der Waals surface area contributed by atoms with Crippen molar-refractivity contribution < 1.29 is 28.7 Å². The van der Waals surface area contributed by atoms with Gasteiger partial charge in [0, 0.05) is 18.1 Å². The van der Waals surface area contributed by atoms with Gasteiger partial charge in [0.25, 0.3) is 5.91 Å². The van der Waals surface area contributed by atoms with Crippen LogP contribution in [0.5, 0.6) is 11.5 Å². The molecule has 1 atom stereocenters. The molecule has 3 aromatic carbocycles. The van der Waals surface area contributed by atoms with Crippen molar-refractivity contribution >= 4 is 29.3 Å². The van der Waals surface area contributed by atoms with Crippen LogP contribution in [0.15, 0.2) is 72.8 Å². The number of Topliss-reactive ketones (excluding diaryl/α,β-unsaturated/α-hetero) is 1. The van der Waals surface area contributed by atoms with Crippen LogP contribution in [0.4, 0.5) is 10.5 Å². The van der Waals surface area contributed by atoms with Crippen LogP contribution in [0.2, 0.25) is 0 Å². The number of benzene rings is 3. The molecule has 1 unspecified atom stereocenters. The molecule has 0 radical (unpaired) electrons. The second-order valence-corrected chi connectivity index (χ2v) is 8.61. The molecule has 2 N–H and O–H groups in total. The molecule has 182 valence electrons. The second kappa shape index (κ2) is 9.18. The summed E-state index contributed by atoms with van der Waals surface area (Å²) >= 11 is 0. The number of nitrogens with one attached hydrogen (secondary N) is 2. The Labute approximate surface area is 207 Å². The lowest BCUT2D eigenvalue weighted by Crippen LogP contribution is -2.46. The van der Waals surface area contributed by atoms with E-state index in [1.54, 1.807) is 24.3 Å². The number of fused-ring (bicyclic) bond motifs is 1. The van der Waals surface area contributed by atoms with E-state index < -0.39 is 29.9 Å². The van der Waals surface area contributed by atoms with Gasteiger partial charge in [-0.3, -0.25) is 19.3 Å². The van der Waals surface area contributed by atoms with E-state index >= 15 is 0 Å². The first-order valence-electron chi connectivity index (χ1n) is 11.4. The van der Waals surface area contributed by atoms with E-state index in [1.165, 1.54) is 19.1 Å². The molecule has 0 aromatic heterocycles. The lowest BCUT2D eigenvalue weighted by molar-refractivity contribution is -0.134. The summed E-state index contributed by atoms with van der Waals surface area (Å²) in [4.78, 5) is 52.7. The lowest BCUT2D eigenvalue weighted by Gasteiger charge is -2.27. The van der Waals surface area contributed by atoms with Crippen LogP contribution in [0.25, 0.3) is 0 Å². The van der Waals surface area contributed by atoms with E-state index in [0.29, 0.717) is 17.1 Å². The lowest BCUT2D eigenvalue weighted by atomic mass is 9.83. The Hall–Kier alpha value is -4.66. The zero-order chi connectivity index (χ0) is 25.3. The van der Waals surface area contributed by atoms with Gasteiger partial charge >= 0.3 is 6.03 Å². The summed E-state index contributed by atoms with van der Waals surface area (Å²) in [6.45, 7) is 0.845. The molecule has 4 amide bonds. The molecular formula is C27H23N3O6. The summed E-state index contributed by atoms with van der Waals surface area (Å²) in [5, 5.41) is 5.47. The highest BCUT2D eigenvalue weighted by molar-refractivity contribution is 6.11. The van der Waals surface area contributed by atoms with Gasteiger partial charge in [0.05, 0.1) is 5.69 Å². The minimum atomic E-state index is -1.36. The number of nitrogens with zero attached hydrogens (tertiary/aromatic N) is 1. The summed E-state index contributed by atoms with van der Waals surface area (Å²) in [6, 6.07) is 20.6. The van der Waals surface area contributed by atoms with Crippen molar-refractivity contribution in [3.05, 3.63) is 89.5 Å². The third-order valence-electron chi connectivity index (χ3n) is 6.22. The van der Waals surface area contributed by atoms with Crippen molar-refractivity contribution in [1.82, 2.24) is 10.2 Å². The first-order valence-corrected chi connectivity index (χ1v) is 11.4. The zero-order valence-corrected chi connectivity index (χ0v) is 19.4. The zero-order valence-electron chi connectivity index (χ0n) is 19.4. The molecule has 36 heavy (non-hydrogen) atoms. The molecule has 9 nitrogen and oxygen atoms in total. The Balaban J connectivity index is 1.41. The summed E-state index contributed by atoms with van der Waals surface area (Å²) in [7, 11) is 0. The summed E-state index contributed by atoms with van der Waals surface area (Å²) < 4.78 is 10.6. The number of carbonyl (C=O) groups excluding carboxylic acids is 4. The largest absolute Gasteiger partial charge is 0.454 e. The minimum Gasteiger partial charge on any atom is -0.454 e. The summed E-state index contributed by atoms with van der Waals surface area (Å²) in [6.07, 6.45) is 0.219. The quantitative estimate of drug-likeness (QED) is 0.392. The Morgan fingerprint density at radius 3 is 2.28 bits per heavy atom. The Morgan fingerprint density at radius 2 is 1.61 bits per heavy atom. The maximum Gasteiger partial charge on any atom is 0.325 e. The van der Waals surface area contributed by atoms with E-state index in [4.69, 9.17) is 9.47 Å². The maximum atomic E-state index is 13.7. The summed E-state index contributed by atoms with van der Waals surface area (Å²) in [5.74, 6) is -0.666. The van der Waals surface area contributed by atoms with Crippen molar-refractivity contribution in [2.24, 2.45) is 0 Å². The average molecular weight is 485 g/mol. The van der Waals surface area contributed by atoms with Gasteiger partial charge in [-0.1, -0.05) is 60.7 Å². The number of urea groups is 1. The molecule has 0 saturated carbocycles. The monoisotopic (exact) mass is 485 g/mol. The minimum absolute atomic E-state index is 0.00944. The number of anilines is 1. The first-order chi connectivity index (χ1) is 17.4. The predicted octanol–water partition coefficient (Wildman–Crippen LogP) is 3.25. The molecule has 1 fully saturated rings. The molecule has 3 aromatic rings. The van der Waals surface area contributed by atoms with Crippen LogP contribution >= 0.6 is 0 Å². The standard InChI is InChI=1S/C27H23N3O6/c1-17(31)20-12-22-23(36-16-35-22)13-21(20)28-24(32)15-30-25(33)27(29-26(30)34,19-10-6-3-7-11-19)14-18-8-4-2-5-9-18/h2-13H,14-16H2,1H3,(H,28,32)(H,29,34). The number of carbonyl (C=O) groups is 4. The summed E-state index contributed by atoms with van der Waals surface area (Å²) in [5.41, 5.74) is 0.552. The van der Waals surface area contributed by atoms with Gasteiger partial charge in [-0.15, -0.1) is 0 Å². The van der Waals surface area contributed by atoms with Crippen molar-refractivity contribution in [3.63, 3.8) is 0 Å². The SMILES string of the molecule is CC(=O)c1cc2c(cc1NC(=O)CN1C(=O)NC(Cc3ccccc3)(c3ccccc3)C1=O)OCO2. The molecule has 9 heteroatoms. The van der Waals surface area contributed by atoms with Crippen LogP contribution < -0.4 is 20.1 Å². The van der Waals surface area contributed by atoms with Gasteiger partial charge in [0.15, 0.2) is 22.8 Å². The first kappa shape index (κ1) is 23.1. The van der Waals surface area contributed by atoms with Crippen molar-refractivity contribution in [2.45, 2.75) is 18.9 Å². The molecule has 0 bridgehead atoms. The van der Waals surface area contributed by atoms with Gasteiger partial charge in [0.2, 0.25) is 12.7 Å². The third kappa shape index (κ3) is 4.15. The molecule has 5 rings (SSSR count). The molecular weight excluding hydrogens is 462 g/mol. The Morgan fingerprint density at radius 1 is 0.972 bits per heavy atom. The molecule has 1 saturated heterocycles. The number of ether oxygens (including phenoxy) is 2. The van der Waals surface area contributed by atoms with Crippen LogP contribution in [0.1, 0.15) is 28.4 Å². The van der Waals surface area contributed by atoms with E-state index in [0.717, 1.165) is 10.5 Å². The Kier molecular flexibility index (Phi) is 5.89. The van der Waals surface area contributed by atoms with Crippen LogP contribution in [-0.4, -0.2) is 41.9 Å². The number of rotatable bonds is 7. The average Bonchev–Trinajstić information content (AvgIpc) is 3.42. The van der Waals surface area contributed by atoms with E-state index in [-0.39, 0.29) is 30.2 Å². The maximum absolute atomic E-state index is 13.7. The topological polar surface area (TPSA) is 114 Å². The fraction of sp³-hybridized carbons (Fsp3) is 0.185. The van der Waals surface area contributed by atoms with Gasteiger partial charge in [-0.05, 0) is 24.1 Å². The smallest absolute Gasteiger partial charge is 0.325 e. The number of ketones is 1. The van der Waals surface area contributed by atoms with Crippen LogP contribution in [0, 0.1) is 0 Å². The third-order valence-corrected chi connectivity index (χ3v) is 6.22. The molecule has 0 aliphatic carbocycles. The van der Waals surface area contributed by atoms with Gasteiger partial charge in [-0.2, -0.15) is 0 Å². The van der Waals surface area contributed by atoms with Crippen molar-refractivity contribution in [3.8, 4) is 11.5 Å². The number of imide groups is 1. The van der Waals surface area contributed by atoms with Crippen LogP contribution in [0.3, 0.4) is 0 Å². The fourth-order valence-electron chi connectivity index (χ4n) is 4.48. The normalized spacial score (nSPS) is 18.2. The number of hydrogen-bond acceptors (Lipinski definition) is 6. The second-order valence-electron chi connectivity index (χ2n) is 8.61. The van der Waals surface area contributed by atoms with Gasteiger partial charge in [-0.25, -0.2) is 4.79 Å². The molecule has 2 aliphatic heterocycles. The molecule has 2 heterocycles. The fourth-order valence-corrected chi connectivity index (χ4v) is 4.48. The van der Waals surface area contributed by atoms with E-state index in [1.807, 2.05) is 36.4 Å². The molecule has 0 spiro atoms. The van der Waals surface area contributed by atoms with Gasteiger partial charge < -0.3 is 20.1 Å². The van der Waals surface area contributed by atoms with E-state index in [2.05, 4.69) is 10.6 Å². The number of hydrogen-bond donors (Lipinski definition) is 2. The number of amides is 4. The van der Waals surface area contributed by atoms with Crippen molar-refractivity contribution in [2.75, 3.05) is 18.7 Å². The van der Waals surface area contributed by atoms with Gasteiger partial charge in [0.1, 0.15) is 6.54 Å². The molecule has 2 aliphatic rings. The van der Waals surface area contributed by atoms with Crippen molar-refractivity contribution in [1.29, 1.82) is 0 Å². The highest BCUT2D eigenvalue weighted by Crippen LogP contribution is 2.37. The highest BCUT2D eigenvalue weighted by Gasteiger charge is 2.52. The highest BCUT2D eigenvalue weighted by atomic mass is 16.7. The van der Waals surface area contributed by atoms with Crippen LogP contribution in [-0.2, 0) is 21.5 Å². The Bertz CT molecular complexity index is 1360. The van der Waals surface area contributed by atoms with E-state index in [9.17, 15) is 19.2 Å². The predicted molar refractivity (Wildman–Crippen MR) is 130 cm³/mol.